The molecule has 1 aliphatic rings. The first kappa shape index (κ1) is 15.4. The highest BCUT2D eigenvalue weighted by molar-refractivity contribution is 5.74. The number of urea groups is 1. The lowest BCUT2D eigenvalue weighted by molar-refractivity contribution is -0.137. The number of nitrogens with zero attached hydrogens (tertiary/aromatic N) is 2. The van der Waals surface area contributed by atoms with Gasteiger partial charge in [0.15, 0.2) is 0 Å². The lowest BCUT2D eigenvalue weighted by Gasteiger charge is -2.16. The molecule has 2 rings (SSSR count). The Bertz CT molecular complexity index is 471. The van der Waals surface area contributed by atoms with E-state index in [0.717, 1.165) is 44.3 Å². The van der Waals surface area contributed by atoms with Gasteiger partial charge >= 0.3 is 12.2 Å². The number of hydrogen-bond acceptors (Lipinski definition) is 3. The fourth-order valence-electron chi connectivity index (χ4n) is 1.98. The van der Waals surface area contributed by atoms with Crippen molar-refractivity contribution in [2.75, 3.05) is 26.2 Å². The van der Waals surface area contributed by atoms with E-state index in [9.17, 15) is 18.0 Å². The summed E-state index contributed by atoms with van der Waals surface area (Å²) in [5.74, 6) is 0.0958. The Hall–Kier alpha value is -1.99. The van der Waals surface area contributed by atoms with Crippen molar-refractivity contribution in [3.05, 3.63) is 23.9 Å². The van der Waals surface area contributed by atoms with Gasteiger partial charge in [-0.3, -0.25) is 0 Å². The van der Waals surface area contributed by atoms with E-state index in [2.05, 4.69) is 10.3 Å². The van der Waals surface area contributed by atoms with Crippen molar-refractivity contribution in [3.63, 3.8) is 0 Å². The maximum absolute atomic E-state index is 12.3. The second kappa shape index (κ2) is 6.64. The van der Waals surface area contributed by atoms with Gasteiger partial charge in [-0.15, -0.1) is 0 Å². The molecule has 0 aliphatic carbocycles. The van der Waals surface area contributed by atoms with Crippen LogP contribution in [0.25, 0.3) is 0 Å². The topological polar surface area (TPSA) is 54.5 Å². The van der Waals surface area contributed by atoms with E-state index < -0.39 is 11.7 Å². The lowest BCUT2D eigenvalue weighted by atomic mass is 10.3. The van der Waals surface area contributed by atoms with Crippen molar-refractivity contribution in [1.29, 1.82) is 0 Å². The van der Waals surface area contributed by atoms with Crippen LogP contribution in [0, 0.1) is 0 Å². The number of alkyl halides is 3. The summed E-state index contributed by atoms with van der Waals surface area (Å²) in [6, 6.07) is 1.92. The highest BCUT2D eigenvalue weighted by Gasteiger charge is 2.30. The highest BCUT2D eigenvalue weighted by atomic mass is 19.4. The minimum Gasteiger partial charge on any atom is -0.476 e. The number of rotatable bonds is 4. The number of carbonyl (C=O) groups is 1. The van der Waals surface area contributed by atoms with Gasteiger partial charge in [-0.25, -0.2) is 9.78 Å². The van der Waals surface area contributed by atoms with Crippen LogP contribution in [0.5, 0.6) is 5.88 Å². The molecule has 1 aliphatic heterocycles. The molecule has 0 saturated carbocycles. The second-order valence-corrected chi connectivity index (χ2v) is 4.66. The van der Waals surface area contributed by atoms with Crippen molar-refractivity contribution in [2.45, 2.75) is 19.0 Å². The maximum Gasteiger partial charge on any atom is 0.417 e. The molecule has 0 atom stereocenters. The molecule has 8 heteroatoms. The van der Waals surface area contributed by atoms with Gasteiger partial charge in [-0.05, 0) is 18.9 Å². The number of likely N-dealkylation sites (tertiary alicyclic amines) is 1. The molecular formula is C13H16F3N3O2. The maximum atomic E-state index is 12.3. The number of nitrogens with one attached hydrogen (secondary N) is 1. The molecule has 0 radical (unpaired) electrons. The SMILES string of the molecule is O=C(NCCOc1ccc(C(F)(F)F)cn1)N1CCCC1. The summed E-state index contributed by atoms with van der Waals surface area (Å²) in [4.78, 5) is 16.9. The Kier molecular flexibility index (Phi) is 4.87. The predicted octanol–water partition coefficient (Wildman–Crippen LogP) is 2.28. The van der Waals surface area contributed by atoms with Gasteiger partial charge in [0.1, 0.15) is 6.61 Å². The Morgan fingerprint density at radius 3 is 2.62 bits per heavy atom. The van der Waals surface area contributed by atoms with Crippen molar-refractivity contribution in [1.82, 2.24) is 15.2 Å². The van der Waals surface area contributed by atoms with Crippen LogP contribution in [0.1, 0.15) is 18.4 Å². The van der Waals surface area contributed by atoms with E-state index in [-0.39, 0.29) is 25.1 Å². The molecule has 1 saturated heterocycles. The molecule has 1 N–H and O–H groups in total. The first-order valence-corrected chi connectivity index (χ1v) is 6.65. The van der Waals surface area contributed by atoms with E-state index in [4.69, 9.17) is 4.74 Å². The fourth-order valence-corrected chi connectivity index (χ4v) is 1.98. The van der Waals surface area contributed by atoms with Gasteiger partial charge in [-0.1, -0.05) is 0 Å². The Balaban J connectivity index is 1.70. The van der Waals surface area contributed by atoms with E-state index >= 15 is 0 Å². The quantitative estimate of drug-likeness (QED) is 0.868. The predicted molar refractivity (Wildman–Crippen MR) is 68.9 cm³/mol. The zero-order chi connectivity index (χ0) is 15.3. The normalized spacial score (nSPS) is 15.1. The largest absolute Gasteiger partial charge is 0.476 e. The lowest BCUT2D eigenvalue weighted by Crippen LogP contribution is -2.39. The van der Waals surface area contributed by atoms with Crippen LogP contribution in [0.3, 0.4) is 0 Å². The van der Waals surface area contributed by atoms with Gasteiger partial charge in [0, 0.05) is 25.4 Å². The number of halogens is 3. The van der Waals surface area contributed by atoms with E-state index in [1.807, 2.05) is 0 Å². The molecule has 1 aromatic rings. The van der Waals surface area contributed by atoms with E-state index in [1.54, 1.807) is 4.90 Å². The first-order valence-electron chi connectivity index (χ1n) is 6.65. The zero-order valence-corrected chi connectivity index (χ0v) is 11.3. The number of hydrogen-bond donors (Lipinski definition) is 1. The monoisotopic (exact) mass is 303 g/mol. The van der Waals surface area contributed by atoms with Crippen LogP contribution in [-0.2, 0) is 6.18 Å². The Morgan fingerprint density at radius 2 is 2.05 bits per heavy atom. The molecule has 5 nitrogen and oxygen atoms in total. The molecule has 2 amide bonds. The van der Waals surface area contributed by atoms with Crippen LogP contribution < -0.4 is 10.1 Å². The first-order chi connectivity index (χ1) is 9.97. The zero-order valence-electron chi connectivity index (χ0n) is 11.3. The van der Waals surface area contributed by atoms with E-state index in [1.165, 1.54) is 0 Å². The molecule has 2 heterocycles. The highest BCUT2D eigenvalue weighted by Crippen LogP contribution is 2.29. The van der Waals surface area contributed by atoms with Gasteiger partial charge in [0.2, 0.25) is 5.88 Å². The molecule has 21 heavy (non-hydrogen) atoms. The third kappa shape index (κ3) is 4.51. The van der Waals surface area contributed by atoms with Crippen LogP contribution in [-0.4, -0.2) is 42.2 Å². The minimum atomic E-state index is -4.41. The van der Waals surface area contributed by atoms with Crippen LogP contribution in [0.4, 0.5) is 18.0 Å². The summed E-state index contributed by atoms with van der Waals surface area (Å²) in [6.07, 6.45) is -1.66. The summed E-state index contributed by atoms with van der Waals surface area (Å²) < 4.78 is 42.2. The number of carbonyl (C=O) groups excluding carboxylic acids is 1. The molecule has 0 unspecified atom stereocenters. The Labute approximate surface area is 120 Å². The van der Waals surface area contributed by atoms with Gasteiger partial charge in [0.05, 0.1) is 12.1 Å². The van der Waals surface area contributed by atoms with Crippen molar-refractivity contribution >= 4 is 6.03 Å². The number of aromatic nitrogens is 1. The van der Waals surface area contributed by atoms with Crippen molar-refractivity contribution < 1.29 is 22.7 Å². The summed E-state index contributed by atoms with van der Waals surface area (Å²) in [5.41, 5.74) is -0.822. The smallest absolute Gasteiger partial charge is 0.417 e. The van der Waals surface area contributed by atoms with Crippen molar-refractivity contribution in [3.8, 4) is 5.88 Å². The second-order valence-electron chi connectivity index (χ2n) is 4.66. The summed E-state index contributed by atoms with van der Waals surface area (Å²) >= 11 is 0. The molecule has 1 aromatic heterocycles. The van der Waals surface area contributed by atoms with Crippen LogP contribution in [0.2, 0.25) is 0 Å². The summed E-state index contributed by atoms with van der Waals surface area (Å²) in [6.45, 7) is 1.94. The number of pyridine rings is 1. The average Bonchev–Trinajstić information content (AvgIpc) is 2.97. The average molecular weight is 303 g/mol. The van der Waals surface area contributed by atoms with E-state index in [0.29, 0.717) is 0 Å². The fraction of sp³-hybridized carbons (Fsp3) is 0.538. The van der Waals surface area contributed by atoms with Gasteiger partial charge in [0.25, 0.3) is 0 Å². The van der Waals surface area contributed by atoms with Gasteiger partial charge < -0.3 is 15.0 Å². The Morgan fingerprint density at radius 1 is 1.33 bits per heavy atom. The van der Waals surface area contributed by atoms with Crippen LogP contribution >= 0.6 is 0 Å². The molecule has 116 valence electrons. The molecule has 0 aromatic carbocycles. The molecule has 0 bridgehead atoms. The van der Waals surface area contributed by atoms with Gasteiger partial charge in [-0.2, -0.15) is 13.2 Å². The third-order valence-electron chi connectivity index (χ3n) is 3.09. The molecule has 1 fully saturated rings. The number of ether oxygens (including phenoxy) is 1. The standard InChI is InChI=1S/C13H16F3N3O2/c14-13(15,16)10-3-4-11(18-9-10)21-8-5-17-12(20)19-6-1-2-7-19/h3-4,9H,1-2,5-8H2,(H,17,20). The minimum absolute atomic E-state index is 0.0958. The summed E-state index contributed by atoms with van der Waals surface area (Å²) in [5, 5.41) is 2.68. The van der Waals surface area contributed by atoms with Crippen molar-refractivity contribution in [2.24, 2.45) is 0 Å². The third-order valence-corrected chi connectivity index (χ3v) is 3.09. The molecule has 0 spiro atoms. The molecular weight excluding hydrogens is 287 g/mol. The summed E-state index contributed by atoms with van der Waals surface area (Å²) in [7, 11) is 0. The number of amides is 2. The van der Waals surface area contributed by atoms with Crippen LogP contribution in [0.15, 0.2) is 18.3 Å².